The van der Waals surface area contributed by atoms with Crippen LogP contribution in [0.1, 0.15) is 37.7 Å². The number of benzene rings is 1. The summed E-state index contributed by atoms with van der Waals surface area (Å²) < 4.78 is 18.0. The van der Waals surface area contributed by atoms with Crippen LogP contribution in [0.4, 0.5) is 0 Å². The van der Waals surface area contributed by atoms with E-state index >= 15 is 0 Å². The number of aliphatic hydroxyl groups excluding tert-OH is 3. The number of rotatable bonds is 12. The van der Waals surface area contributed by atoms with Gasteiger partial charge in [-0.05, 0) is 59.2 Å². The topological polar surface area (TPSA) is 141 Å². The lowest BCUT2D eigenvalue weighted by molar-refractivity contribution is -0.143. The first kappa shape index (κ1) is 32.0. The Morgan fingerprint density at radius 1 is 1.20 bits per heavy atom. The summed E-state index contributed by atoms with van der Waals surface area (Å²) >= 11 is 2.09. The van der Waals surface area contributed by atoms with E-state index in [1.165, 1.54) is 7.11 Å². The molecule has 2 aliphatic carbocycles. The maximum atomic E-state index is 13.9. The molecule has 1 saturated heterocycles. The maximum Gasteiger partial charge on any atom is 0.247 e. The number of nitrogens with one attached hydrogen (secondary N) is 1. The van der Waals surface area contributed by atoms with Crippen LogP contribution in [0.3, 0.4) is 0 Å². The van der Waals surface area contributed by atoms with E-state index in [0.29, 0.717) is 52.5 Å². The van der Waals surface area contributed by atoms with Gasteiger partial charge in [0.05, 0.1) is 43.1 Å². The third-order valence-electron chi connectivity index (χ3n) is 8.09. The highest BCUT2D eigenvalue weighted by molar-refractivity contribution is 14.1. The molecule has 1 heterocycles. The maximum absolute atomic E-state index is 13.9. The normalized spacial score (nSPS) is 23.6. The van der Waals surface area contributed by atoms with Crippen LogP contribution < -0.4 is 14.8 Å². The van der Waals surface area contributed by atoms with Gasteiger partial charge in [0.15, 0.2) is 11.5 Å². The molecule has 0 bridgehead atoms. The van der Waals surface area contributed by atoms with Gasteiger partial charge in [-0.1, -0.05) is 12.8 Å². The third kappa shape index (κ3) is 8.11. The van der Waals surface area contributed by atoms with E-state index in [2.05, 4.69) is 32.8 Å². The third-order valence-corrected chi connectivity index (χ3v) is 8.89. The minimum Gasteiger partial charge on any atom is -0.493 e. The molecule has 0 radical (unpaired) electrons. The Morgan fingerprint density at radius 2 is 1.93 bits per heavy atom. The van der Waals surface area contributed by atoms with Crippen molar-refractivity contribution in [2.24, 2.45) is 5.92 Å². The molecule has 1 saturated carbocycles. The lowest BCUT2D eigenvalue weighted by Gasteiger charge is -2.42. The number of aliphatic hydroxyl groups is 3. The van der Waals surface area contributed by atoms with Gasteiger partial charge in [-0.2, -0.15) is 0 Å². The molecule has 12 heteroatoms. The second kappa shape index (κ2) is 15.5. The molecule has 2 fully saturated rings. The van der Waals surface area contributed by atoms with Gasteiger partial charge in [0, 0.05) is 50.6 Å². The van der Waals surface area contributed by atoms with E-state index in [1.54, 1.807) is 23.1 Å². The largest absolute Gasteiger partial charge is 0.493 e. The Hall–Kier alpha value is -1.97. The SMILES string of the molecule is COc1cc(CO)cc(I)c1OC1C=C(C(=O)NCCO)CC(N(CCN2CCOCC2)C(=O)C2CCCC2)C1O. The molecule has 1 aromatic carbocycles. The molecule has 228 valence electrons. The van der Waals surface area contributed by atoms with Crippen LogP contribution in [0, 0.1) is 9.49 Å². The van der Waals surface area contributed by atoms with Crippen molar-refractivity contribution >= 4 is 34.4 Å². The molecule has 0 spiro atoms. The van der Waals surface area contributed by atoms with E-state index in [0.717, 1.165) is 38.8 Å². The van der Waals surface area contributed by atoms with Gasteiger partial charge in [-0.3, -0.25) is 14.5 Å². The number of methoxy groups -OCH3 is 1. The predicted octanol–water partition coefficient (Wildman–Crippen LogP) is 1.06. The fourth-order valence-corrected chi connectivity index (χ4v) is 6.61. The first-order chi connectivity index (χ1) is 19.9. The number of ether oxygens (including phenoxy) is 3. The van der Waals surface area contributed by atoms with Crippen molar-refractivity contribution < 1.29 is 39.1 Å². The van der Waals surface area contributed by atoms with Gasteiger partial charge >= 0.3 is 0 Å². The molecule has 1 aliphatic heterocycles. The number of hydrogen-bond donors (Lipinski definition) is 4. The van der Waals surface area contributed by atoms with Crippen molar-refractivity contribution in [3.8, 4) is 11.5 Å². The summed E-state index contributed by atoms with van der Waals surface area (Å²) in [6, 6.07) is 2.75. The van der Waals surface area contributed by atoms with Crippen molar-refractivity contribution in [3.05, 3.63) is 32.9 Å². The fourth-order valence-electron chi connectivity index (χ4n) is 5.82. The first-order valence-corrected chi connectivity index (χ1v) is 15.5. The number of nitrogens with zero attached hydrogens (tertiary/aromatic N) is 2. The minimum atomic E-state index is -1.11. The summed E-state index contributed by atoms with van der Waals surface area (Å²) in [5.41, 5.74) is 1.03. The van der Waals surface area contributed by atoms with Crippen molar-refractivity contribution in [1.82, 2.24) is 15.1 Å². The summed E-state index contributed by atoms with van der Waals surface area (Å²) in [6.07, 6.45) is 3.35. The zero-order valence-corrected chi connectivity index (χ0v) is 25.8. The number of carbonyl (C=O) groups is 2. The Labute approximate surface area is 254 Å². The van der Waals surface area contributed by atoms with Gasteiger partial charge in [-0.15, -0.1) is 0 Å². The van der Waals surface area contributed by atoms with Gasteiger partial charge in [-0.25, -0.2) is 0 Å². The second-order valence-electron chi connectivity index (χ2n) is 10.8. The van der Waals surface area contributed by atoms with Gasteiger partial charge in [0.25, 0.3) is 0 Å². The molecule has 11 nitrogen and oxygen atoms in total. The Kier molecular flexibility index (Phi) is 12.1. The average Bonchev–Trinajstić information content (AvgIpc) is 3.54. The highest BCUT2D eigenvalue weighted by atomic mass is 127. The summed E-state index contributed by atoms with van der Waals surface area (Å²) in [6.45, 7) is 3.62. The number of halogens is 1. The molecule has 41 heavy (non-hydrogen) atoms. The Balaban J connectivity index is 1.66. The van der Waals surface area contributed by atoms with Crippen molar-refractivity contribution in [2.75, 3.05) is 59.7 Å². The summed E-state index contributed by atoms with van der Waals surface area (Å²) in [5, 5.41) is 33.4. The Morgan fingerprint density at radius 3 is 2.59 bits per heavy atom. The number of carbonyl (C=O) groups excluding carboxylic acids is 2. The van der Waals surface area contributed by atoms with E-state index in [9.17, 15) is 24.9 Å². The number of amides is 2. The standard InChI is InChI=1S/C29H42IN3O8/c1-39-25-15-19(18-35)14-22(30)27(25)41-24-17-21(28(37)31-6-11-34)16-23(26(24)36)33(29(38)20-4-2-3-5-20)8-7-32-9-12-40-13-10-32/h14-15,17,20,23-24,26,34-36H,2-13,16,18H2,1H3,(H,31,37). The molecule has 4 rings (SSSR count). The Bertz CT molecular complexity index is 1070. The highest BCUT2D eigenvalue weighted by Gasteiger charge is 2.42. The zero-order valence-electron chi connectivity index (χ0n) is 23.6. The van der Waals surface area contributed by atoms with Crippen LogP contribution in [0.5, 0.6) is 11.5 Å². The van der Waals surface area contributed by atoms with Crippen molar-refractivity contribution in [1.29, 1.82) is 0 Å². The smallest absolute Gasteiger partial charge is 0.247 e. The van der Waals surface area contributed by atoms with Crippen LogP contribution in [0.2, 0.25) is 0 Å². The van der Waals surface area contributed by atoms with Gasteiger partial charge in [0.2, 0.25) is 11.8 Å². The highest BCUT2D eigenvalue weighted by Crippen LogP contribution is 2.38. The van der Waals surface area contributed by atoms with Crippen molar-refractivity contribution in [2.45, 2.75) is 57.0 Å². The van der Waals surface area contributed by atoms with Gasteiger partial charge in [0.1, 0.15) is 12.2 Å². The molecule has 3 unspecified atom stereocenters. The quantitative estimate of drug-likeness (QED) is 0.238. The first-order valence-electron chi connectivity index (χ1n) is 14.4. The summed E-state index contributed by atoms with van der Waals surface area (Å²) in [7, 11) is 1.50. The lowest BCUT2D eigenvalue weighted by atomic mass is 9.87. The lowest BCUT2D eigenvalue weighted by Crippen LogP contribution is -2.57. The minimum absolute atomic E-state index is 0.00929. The summed E-state index contributed by atoms with van der Waals surface area (Å²) in [4.78, 5) is 31.1. The molecule has 3 aliphatic rings. The van der Waals surface area contributed by atoms with Crippen LogP contribution in [0.25, 0.3) is 0 Å². The molecule has 2 amide bonds. The molecular formula is C29H42IN3O8. The molecule has 0 aromatic heterocycles. The fraction of sp³-hybridized carbons (Fsp3) is 0.655. The van der Waals surface area contributed by atoms with E-state index in [4.69, 9.17) is 14.2 Å². The van der Waals surface area contributed by atoms with E-state index in [-0.39, 0.29) is 43.9 Å². The van der Waals surface area contributed by atoms with E-state index < -0.39 is 18.2 Å². The average molecular weight is 688 g/mol. The van der Waals surface area contributed by atoms with Crippen LogP contribution >= 0.6 is 22.6 Å². The monoisotopic (exact) mass is 687 g/mol. The van der Waals surface area contributed by atoms with Crippen LogP contribution in [-0.2, 0) is 20.9 Å². The molecule has 1 aromatic rings. The summed E-state index contributed by atoms with van der Waals surface area (Å²) in [5.74, 6) is 0.304. The zero-order chi connectivity index (χ0) is 29.4. The molecule has 4 N–H and O–H groups in total. The van der Waals surface area contributed by atoms with Crippen molar-refractivity contribution in [3.63, 3.8) is 0 Å². The second-order valence-corrected chi connectivity index (χ2v) is 11.9. The number of morpholine rings is 1. The van der Waals surface area contributed by atoms with Crippen LogP contribution in [0.15, 0.2) is 23.8 Å². The van der Waals surface area contributed by atoms with E-state index in [1.807, 2.05) is 0 Å². The number of hydrogen-bond acceptors (Lipinski definition) is 9. The molecule has 3 atom stereocenters. The predicted molar refractivity (Wildman–Crippen MR) is 160 cm³/mol. The molecular weight excluding hydrogens is 645 g/mol. The van der Waals surface area contributed by atoms with Crippen LogP contribution in [-0.4, -0.2) is 115 Å². The van der Waals surface area contributed by atoms with Gasteiger partial charge < -0.3 is 39.7 Å².